The second-order valence-electron chi connectivity index (χ2n) is 18.8. The molecule has 4 heterocycles. The van der Waals surface area contributed by atoms with Gasteiger partial charge in [-0.3, -0.25) is 23.7 Å². The topological polar surface area (TPSA) is 170 Å². The first-order valence-corrected chi connectivity index (χ1v) is 24.4. The molecule has 5 atom stereocenters. The summed E-state index contributed by atoms with van der Waals surface area (Å²) in [5, 5.41) is 2.69. The van der Waals surface area contributed by atoms with Gasteiger partial charge in [0.05, 0.1) is 35.6 Å². The number of ketones is 1. The van der Waals surface area contributed by atoms with Crippen LogP contribution in [0.2, 0.25) is 0 Å². The number of Topliss-reactive ketones (excluding diaryl/α,β-unsaturated/α-hetero) is 1. The van der Waals surface area contributed by atoms with Gasteiger partial charge in [-0.1, -0.05) is 43.2 Å². The molecule has 0 radical (unpaired) electrons. The maximum Gasteiger partial charge on any atom is 0.307 e. The molecule has 0 spiro atoms. The number of nitrogens with one attached hydrogen (secondary N) is 1. The molecule has 1 N–H and O–H groups in total. The summed E-state index contributed by atoms with van der Waals surface area (Å²) in [4.78, 5) is 68.2. The van der Waals surface area contributed by atoms with Gasteiger partial charge in [-0.2, -0.15) is 17.7 Å². The van der Waals surface area contributed by atoms with Crippen LogP contribution < -0.4 is 9.46 Å². The molecule has 0 bridgehead atoms. The van der Waals surface area contributed by atoms with Crippen LogP contribution in [0.25, 0.3) is 21.6 Å². The maximum absolute atomic E-state index is 14.8. The van der Waals surface area contributed by atoms with Gasteiger partial charge in [-0.15, -0.1) is 11.3 Å². The van der Waals surface area contributed by atoms with E-state index in [1.807, 2.05) is 60.2 Å². The summed E-state index contributed by atoms with van der Waals surface area (Å²) in [6, 6.07) is 11.4. The number of halogens is 1. The van der Waals surface area contributed by atoms with Crippen molar-refractivity contribution in [1.29, 1.82) is 0 Å². The van der Waals surface area contributed by atoms with E-state index in [4.69, 9.17) is 19.4 Å². The second kappa shape index (κ2) is 18.8. The number of carbonyl (C=O) groups excluding carboxylic acids is 4. The smallest absolute Gasteiger partial charge is 0.307 e. The first-order chi connectivity index (χ1) is 30.2. The molecule has 2 aromatic heterocycles. The number of esters is 1. The van der Waals surface area contributed by atoms with Crippen molar-refractivity contribution in [2.45, 2.75) is 123 Å². The molecule has 7 rings (SSSR count). The fourth-order valence-corrected chi connectivity index (χ4v) is 10.4. The van der Waals surface area contributed by atoms with E-state index in [1.54, 1.807) is 26.8 Å². The van der Waals surface area contributed by atoms with Gasteiger partial charge in [0.15, 0.2) is 5.78 Å². The predicted octanol–water partition coefficient (Wildman–Crippen LogP) is 7.58. The van der Waals surface area contributed by atoms with Gasteiger partial charge in [-0.25, -0.2) is 14.1 Å². The lowest BCUT2D eigenvalue weighted by Gasteiger charge is -2.29. The van der Waals surface area contributed by atoms with Gasteiger partial charge >= 0.3 is 16.2 Å². The van der Waals surface area contributed by atoms with Gasteiger partial charge in [0.2, 0.25) is 11.8 Å². The van der Waals surface area contributed by atoms with E-state index in [0.29, 0.717) is 37.2 Å². The number of hydrogen-bond acceptors (Lipinski definition) is 11. The van der Waals surface area contributed by atoms with E-state index in [9.17, 15) is 32.0 Å². The molecule has 64 heavy (non-hydrogen) atoms. The van der Waals surface area contributed by atoms with Crippen molar-refractivity contribution in [3.05, 3.63) is 77.1 Å². The van der Waals surface area contributed by atoms with Gasteiger partial charge < -0.3 is 14.4 Å². The number of fused-ring (bicyclic) bond motifs is 3. The first kappa shape index (κ1) is 47.0. The maximum atomic E-state index is 14.8. The van der Waals surface area contributed by atoms with Crippen LogP contribution in [-0.2, 0) is 40.5 Å². The summed E-state index contributed by atoms with van der Waals surface area (Å²) in [7, 11) is -1.52. The minimum atomic E-state index is -4.15. The molecule has 2 aromatic carbocycles. The van der Waals surface area contributed by atoms with Crippen LogP contribution in [-0.4, -0.2) is 94.1 Å². The Morgan fingerprint density at radius 1 is 1.08 bits per heavy atom. The lowest BCUT2D eigenvalue weighted by atomic mass is 9.90. The van der Waals surface area contributed by atoms with Gasteiger partial charge in [0.1, 0.15) is 28.0 Å². The highest BCUT2D eigenvalue weighted by molar-refractivity contribution is 7.87. The van der Waals surface area contributed by atoms with E-state index in [1.165, 1.54) is 42.5 Å². The summed E-state index contributed by atoms with van der Waals surface area (Å²) in [5.74, 6) is -3.48. The van der Waals surface area contributed by atoms with Crippen molar-refractivity contribution in [1.82, 2.24) is 28.5 Å². The number of nitrogens with zero attached hydrogens (tertiary/aromatic N) is 5. The summed E-state index contributed by atoms with van der Waals surface area (Å²) in [6.07, 6.45) is 6.94. The average Bonchev–Trinajstić information content (AvgIpc) is 3.52. The number of ether oxygens (including phenoxy) is 2. The van der Waals surface area contributed by atoms with Crippen LogP contribution in [0, 0.1) is 23.1 Å². The SMILES string of the molecule is CC(C)n1c(O[C@@H]2C[C@H]3C(=O)C[C@]4(C(=O)NS(=O)(=O)N(C)C)C[C@@H]4/C=C\CCCCC[C@H](CC(=O)OC(C)(C)C)C(=O)N3C2)nc2c(-c3nc(Cc4cccc(F)c4)cs3)cccc21. The quantitative estimate of drug-likeness (QED) is 0.117. The summed E-state index contributed by atoms with van der Waals surface area (Å²) >= 11 is 1.46. The number of aromatic nitrogens is 3. The molecular weight excluding hydrogens is 860 g/mol. The van der Waals surface area contributed by atoms with Crippen molar-refractivity contribution in [3.8, 4) is 16.6 Å². The third kappa shape index (κ3) is 10.6. The van der Waals surface area contributed by atoms with Gasteiger partial charge in [0, 0.05) is 56.3 Å². The third-order valence-electron chi connectivity index (χ3n) is 12.2. The molecule has 14 nitrogen and oxygen atoms in total. The highest BCUT2D eigenvalue weighted by atomic mass is 32.2. The highest BCUT2D eigenvalue weighted by Crippen LogP contribution is 2.57. The van der Waals surface area contributed by atoms with Crippen molar-refractivity contribution in [2.75, 3.05) is 20.6 Å². The lowest BCUT2D eigenvalue weighted by molar-refractivity contribution is -0.159. The number of para-hydroxylation sites is 1. The zero-order chi connectivity index (χ0) is 46.1. The molecule has 2 aliphatic heterocycles. The van der Waals surface area contributed by atoms with Crippen LogP contribution >= 0.6 is 11.3 Å². The van der Waals surface area contributed by atoms with E-state index in [-0.39, 0.29) is 55.9 Å². The molecule has 1 aliphatic carbocycles. The third-order valence-corrected chi connectivity index (χ3v) is 14.5. The molecule has 0 unspecified atom stereocenters. The Balaban J connectivity index is 1.21. The fraction of sp³-hybridized carbons (Fsp3) is 0.532. The lowest BCUT2D eigenvalue weighted by Crippen LogP contribution is -2.47. The molecule has 2 amide bonds. The molecular formula is C47H59FN6O8S2. The number of imidazole rings is 1. The van der Waals surface area contributed by atoms with Crippen LogP contribution in [0.15, 0.2) is 60.0 Å². The van der Waals surface area contributed by atoms with Crippen LogP contribution in [0.5, 0.6) is 6.01 Å². The van der Waals surface area contributed by atoms with Crippen molar-refractivity contribution in [3.63, 3.8) is 0 Å². The predicted molar refractivity (Wildman–Crippen MR) is 242 cm³/mol. The van der Waals surface area contributed by atoms with E-state index >= 15 is 0 Å². The minimum absolute atomic E-state index is 0.0155. The molecule has 344 valence electrons. The highest BCUT2D eigenvalue weighted by Gasteiger charge is 2.61. The number of allylic oxidation sites excluding steroid dienone is 2. The zero-order valence-corrected chi connectivity index (χ0v) is 39.3. The fourth-order valence-electron chi connectivity index (χ4n) is 8.89. The molecule has 1 saturated heterocycles. The Hall–Kier alpha value is -5.00. The Labute approximate surface area is 378 Å². The number of rotatable bonds is 11. The van der Waals surface area contributed by atoms with Gasteiger partial charge in [0.25, 0.3) is 6.01 Å². The summed E-state index contributed by atoms with van der Waals surface area (Å²) < 4.78 is 57.1. The number of thiazole rings is 1. The van der Waals surface area contributed by atoms with E-state index in [2.05, 4.69) is 4.72 Å². The molecule has 4 aromatic rings. The first-order valence-electron chi connectivity index (χ1n) is 22.1. The number of amides is 2. The molecule has 2 fully saturated rings. The zero-order valence-electron chi connectivity index (χ0n) is 37.6. The molecule has 3 aliphatic rings. The second-order valence-corrected chi connectivity index (χ2v) is 21.6. The van der Waals surface area contributed by atoms with E-state index < -0.39 is 56.9 Å². The Morgan fingerprint density at radius 2 is 1.84 bits per heavy atom. The van der Waals surface area contributed by atoms with E-state index in [0.717, 1.165) is 44.5 Å². The Kier molecular flexibility index (Phi) is 13.8. The molecule has 17 heteroatoms. The number of hydrogen-bond donors (Lipinski definition) is 1. The van der Waals surface area contributed by atoms with Crippen molar-refractivity contribution < 1.29 is 41.5 Å². The largest absolute Gasteiger partial charge is 0.460 e. The van der Waals surface area contributed by atoms with Crippen LogP contribution in [0.4, 0.5) is 4.39 Å². The van der Waals surface area contributed by atoms with Crippen LogP contribution in [0.1, 0.15) is 110 Å². The minimum Gasteiger partial charge on any atom is -0.460 e. The Bertz CT molecular complexity index is 2550. The summed E-state index contributed by atoms with van der Waals surface area (Å²) in [5.41, 5.74) is 1.77. The summed E-state index contributed by atoms with van der Waals surface area (Å²) in [6.45, 7) is 9.34. The van der Waals surface area contributed by atoms with Crippen LogP contribution in [0.3, 0.4) is 0 Å². The van der Waals surface area contributed by atoms with Crippen molar-refractivity contribution in [2.24, 2.45) is 17.3 Å². The normalized spacial score (nSPS) is 23.9. The average molecular weight is 919 g/mol. The number of benzene rings is 2. The van der Waals surface area contributed by atoms with Gasteiger partial charge in [-0.05, 0) is 96.0 Å². The number of carbonyl (C=O) groups is 4. The molecule has 1 saturated carbocycles. The monoisotopic (exact) mass is 918 g/mol. The Morgan fingerprint density at radius 3 is 2.56 bits per heavy atom. The standard InChI is InChI=1S/C47H59FN6O8S2/c1-29(2)54-37-20-14-19-36(42-49-34(28-63-42)22-30-15-13-18-33(48)21-30)41(37)50-45(54)61-35-24-38-39(55)26-47(44(58)51-64(59,60)52(6)7)25-32(47)17-12-10-8-9-11-16-31(43(57)53(38)27-35)23-40(56)62-46(3,4)5/h12-15,17-21,28-29,31-32,35,38H,8-11,16,22-27H2,1-7H3,(H,51,58)/b17-12-/t31-,32+,35-,38+,47-/m1/s1. The van der Waals surface area contributed by atoms with Crippen molar-refractivity contribution >= 4 is 56.1 Å².